The van der Waals surface area contributed by atoms with Crippen LogP contribution in [0.25, 0.3) is 23.3 Å². The van der Waals surface area contributed by atoms with E-state index in [4.69, 9.17) is 14.2 Å². The van der Waals surface area contributed by atoms with Gasteiger partial charge in [0.2, 0.25) is 0 Å². The third-order valence-corrected chi connectivity index (χ3v) is 6.86. The number of benzene rings is 3. The fraction of sp³-hybridized carbons (Fsp3) is 0.310. The molecule has 0 radical (unpaired) electrons. The van der Waals surface area contributed by atoms with Crippen LogP contribution >= 0.6 is 0 Å². The zero-order chi connectivity index (χ0) is 31.4. The summed E-state index contributed by atoms with van der Waals surface area (Å²) < 4.78 is 157. The molecule has 3 aromatic rings. The summed E-state index contributed by atoms with van der Waals surface area (Å²) in [5.74, 6) is -9.11. The van der Waals surface area contributed by atoms with Crippen molar-refractivity contribution in [2.45, 2.75) is 43.8 Å². The van der Waals surface area contributed by atoms with E-state index in [0.29, 0.717) is 12.5 Å². The molecule has 2 heterocycles. The minimum atomic E-state index is -5.91. The normalized spacial score (nSPS) is 22.2. The second-order valence-corrected chi connectivity index (χ2v) is 9.97. The molecular formula is C29H20F10O4. The molecule has 0 atom stereocenters. The van der Waals surface area contributed by atoms with Crippen molar-refractivity contribution in [3.05, 3.63) is 93.8 Å². The van der Waals surface area contributed by atoms with Gasteiger partial charge in [0.25, 0.3) is 0 Å². The van der Waals surface area contributed by atoms with Crippen molar-refractivity contribution in [2.75, 3.05) is 13.2 Å². The highest BCUT2D eigenvalue weighted by Crippen LogP contribution is 2.49. The SMILES string of the molecule is CCCC12COC(c3ccc(-c4cc(F)c(/C=C/c5cc(F)c(C(F)(F)OC(F)(F)F)c(F)c5)c(F)c4)c(F)c3)(OC1)O2. The molecule has 0 N–H and O–H groups in total. The summed E-state index contributed by atoms with van der Waals surface area (Å²) in [5, 5.41) is 0. The van der Waals surface area contributed by atoms with Gasteiger partial charge in [-0.15, -0.1) is 13.2 Å². The molecule has 2 aliphatic rings. The van der Waals surface area contributed by atoms with Gasteiger partial charge in [0.05, 0.1) is 13.2 Å². The number of hydrogen-bond acceptors (Lipinski definition) is 4. The summed E-state index contributed by atoms with van der Waals surface area (Å²) in [6, 6.07) is 5.76. The van der Waals surface area contributed by atoms with Gasteiger partial charge in [-0.1, -0.05) is 31.6 Å². The highest BCUT2D eigenvalue weighted by Gasteiger charge is 2.59. The summed E-state index contributed by atoms with van der Waals surface area (Å²) in [7, 11) is 0. The Morgan fingerprint density at radius 3 is 1.93 bits per heavy atom. The summed E-state index contributed by atoms with van der Waals surface area (Å²) in [6.07, 6.45) is -8.39. The Balaban J connectivity index is 1.38. The lowest BCUT2D eigenvalue weighted by molar-refractivity contribution is -0.432. The predicted molar refractivity (Wildman–Crippen MR) is 130 cm³/mol. The first-order valence-electron chi connectivity index (χ1n) is 12.7. The third kappa shape index (κ3) is 6.01. The second kappa shape index (κ2) is 10.9. The Hall–Kier alpha value is -3.46. The maximum Gasteiger partial charge on any atom is 0.527 e. The van der Waals surface area contributed by atoms with Gasteiger partial charge in [0.15, 0.2) is 0 Å². The fourth-order valence-corrected chi connectivity index (χ4v) is 5.00. The number of rotatable bonds is 8. The fourth-order valence-electron chi connectivity index (χ4n) is 5.00. The minimum Gasteiger partial charge on any atom is -0.320 e. The number of hydrogen-bond donors (Lipinski definition) is 0. The zero-order valence-electron chi connectivity index (χ0n) is 21.9. The van der Waals surface area contributed by atoms with E-state index < -0.39 is 69.8 Å². The number of fused-ring (bicyclic) bond motifs is 2. The summed E-state index contributed by atoms with van der Waals surface area (Å²) in [6.45, 7) is 2.46. The minimum absolute atomic E-state index is 0.189. The van der Waals surface area contributed by atoms with Crippen molar-refractivity contribution >= 4 is 12.2 Å². The van der Waals surface area contributed by atoms with Crippen molar-refractivity contribution in [3.8, 4) is 11.1 Å². The van der Waals surface area contributed by atoms with Crippen molar-refractivity contribution in [1.82, 2.24) is 0 Å². The molecule has 0 aromatic heterocycles. The first-order chi connectivity index (χ1) is 20.1. The molecule has 43 heavy (non-hydrogen) atoms. The predicted octanol–water partition coefficient (Wildman–Crippen LogP) is 8.53. The van der Waals surface area contributed by atoms with E-state index in [1.807, 2.05) is 6.92 Å². The number of halogens is 10. The van der Waals surface area contributed by atoms with Gasteiger partial charge in [-0.05, 0) is 54.0 Å². The highest BCUT2D eigenvalue weighted by molar-refractivity contribution is 5.73. The molecule has 14 heteroatoms. The van der Waals surface area contributed by atoms with Crippen molar-refractivity contribution in [3.63, 3.8) is 0 Å². The van der Waals surface area contributed by atoms with E-state index in [0.717, 1.165) is 30.7 Å². The molecule has 230 valence electrons. The third-order valence-electron chi connectivity index (χ3n) is 6.86. The van der Waals surface area contributed by atoms with Gasteiger partial charge in [-0.2, -0.15) is 8.78 Å². The Kier molecular flexibility index (Phi) is 7.86. The van der Waals surface area contributed by atoms with E-state index in [2.05, 4.69) is 4.74 Å². The van der Waals surface area contributed by atoms with Crippen LogP contribution in [0.3, 0.4) is 0 Å². The van der Waals surface area contributed by atoms with Crippen molar-refractivity contribution in [2.24, 2.45) is 0 Å². The molecule has 2 bridgehead atoms. The van der Waals surface area contributed by atoms with Crippen LogP contribution in [-0.2, 0) is 31.0 Å². The summed E-state index contributed by atoms with van der Waals surface area (Å²) in [4.78, 5) is 0. The van der Waals surface area contributed by atoms with E-state index in [1.165, 1.54) is 12.1 Å². The average molecular weight is 622 g/mol. The zero-order valence-corrected chi connectivity index (χ0v) is 21.9. The Morgan fingerprint density at radius 2 is 1.40 bits per heavy atom. The number of alkyl halides is 5. The van der Waals surface area contributed by atoms with Crippen LogP contribution in [0.1, 0.15) is 42.0 Å². The maximum absolute atomic E-state index is 15.1. The standard InChI is InChI=1S/C29H20F10O4/c1-2-7-26-13-40-28(42-26,41-14-26)17-4-6-18(22(32)12-17)16-10-20(30)19(21(31)11-16)5-3-15-8-23(33)25(24(34)9-15)27(35,36)43-29(37,38)39/h3-6,8-12H,2,7,13-14H2,1H3/b5-3+. The van der Waals surface area contributed by atoms with Crippen LogP contribution in [0, 0.1) is 29.1 Å². The Morgan fingerprint density at radius 1 is 0.791 bits per heavy atom. The van der Waals surface area contributed by atoms with Crippen LogP contribution in [0.5, 0.6) is 0 Å². The average Bonchev–Trinajstić information content (AvgIpc) is 3.43. The summed E-state index contributed by atoms with van der Waals surface area (Å²) in [5.41, 5.74) is -4.44. The van der Waals surface area contributed by atoms with E-state index in [1.54, 1.807) is 0 Å². The lowest BCUT2D eigenvalue weighted by Gasteiger charge is -2.24. The molecular weight excluding hydrogens is 602 g/mol. The maximum atomic E-state index is 15.1. The lowest BCUT2D eigenvalue weighted by atomic mass is 9.99. The van der Waals surface area contributed by atoms with Crippen LogP contribution in [0.15, 0.2) is 42.5 Å². The highest BCUT2D eigenvalue weighted by atomic mass is 19.4. The lowest BCUT2D eigenvalue weighted by Crippen LogP contribution is -2.35. The largest absolute Gasteiger partial charge is 0.527 e. The molecule has 4 nitrogen and oxygen atoms in total. The number of ether oxygens (including phenoxy) is 4. The summed E-state index contributed by atoms with van der Waals surface area (Å²) >= 11 is 0. The molecule has 2 aliphatic heterocycles. The van der Waals surface area contributed by atoms with Crippen LogP contribution < -0.4 is 0 Å². The smallest absolute Gasteiger partial charge is 0.320 e. The van der Waals surface area contributed by atoms with Crippen LogP contribution in [0.4, 0.5) is 43.9 Å². The topological polar surface area (TPSA) is 36.9 Å². The molecule has 2 saturated heterocycles. The van der Waals surface area contributed by atoms with Gasteiger partial charge >= 0.3 is 18.4 Å². The first-order valence-corrected chi connectivity index (χ1v) is 12.7. The molecule has 0 unspecified atom stereocenters. The molecule has 5 rings (SSSR count). The van der Waals surface area contributed by atoms with E-state index in [9.17, 15) is 39.5 Å². The molecule has 2 fully saturated rings. The molecule has 0 saturated carbocycles. The first kappa shape index (κ1) is 31.0. The van der Waals surface area contributed by atoms with Crippen molar-refractivity contribution in [1.29, 1.82) is 0 Å². The second-order valence-electron chi connectivity index (χ2n) is 9.97. The quantitative estimate of drug-likeness (QED) is 0.187. The van der Waals surface area contributed by atoms with Gasteiger partial charge in [-0.25, -0.2) is 26.7 Å². The van der Waals surface area contributed by atoms with E-state index in [-0.39, 0.29) is 42.0 Å². The van der Waals surface area contributed by atoms with Gasteiger partial charge in [0, 0.05) is 16.7 Å². The van der Waals surface area contributed by atoms with Crippen LogP contribution in [-0.4, -0.2) is 25.2 Å². The van der Waals surface area contributed by atoms with Crippen molar-refractivity contribution < 1.29 is 62.9 Å². The Bertz CT molecular complexity index is 1530. The van der Waals surface area contributed by atoms with Gasteiger partial charge in [0.1, 0.15) is 40.3 Å². The van der Waals surface area contributed by atoms with Gasteiger partial charge < -0.3 is 14.2 Å². The van der Waals surface area contributed by atoms with Crippen LogP contribution in [0.2, 0.25) is 0 Å². The Labute approximate surface area is 237 Å². The molecule has 3 aromatic carbocycles. The van der Waals surface area contributed by atoms with E-state index >= 15 is 4.39 Å². The molecule has 0 amide bonds. The monoisotopic (exact) mass is 622 g/mol. The molecule has 0 spiro atoms. The van der Waals surface area contributed by atoms with Gasteiger partial charge in [-0.3, -0.25) is 0 Å². The molecule has 0 aliphatic carbocycles.